The molecular weight excluding hydrogens is 406 g/mol. The molecule has 0 bridgehead atoms. The van der Waals surface area contributed by atoms with E-state index in [-0.39, 0.29) is 0 Å². The summed E-state index contributed by atoms with van der Waals surface area (Å²) in [6, 6.07) is 7.83. The highest BCUT2D eigenvalue weighted by atomic mass is 28.3. The molecule has 8 heteroatoms. The summed E-state index contributed by atoms with van der Waals surface area (Å²) in [5.41, 5.74) is 3.97. The fourth-order valence-electron chi connectivity index (χ4n) is 3.77. The maximum absolute atomic E-state index is 6.14. The van der Waals surface area contributed by atoms with Crippen LogP contribution in [-0.4, -0.2) is 53.5 Å². The Labute approximate surface area is 185 Å². The van der Waals surface area contributed by atoms with Gasteiger partial charge in [-0.1, -0.05) is 19.6 Å². The average Bonchev–Trinajstić information content (AvgIpc) is 3.09. The van der Waals surface area contributed by atoms with Crippen LogP contribution in [-0.2, 0) is 16.2 Å². The molecule has 4 heterocycles. The highest BCUT2D eigenvalue weighted by Crippen LogP contribution is 2.29. The second-order valence-corrected chi connectivity index (χ2v) is 15.1. The summed E-state index contributed by atoms with van der Waals surface area (Å²) < 4.78 is 13.8. The molecule has 3 aromatic heterocycles. The Morgan fingerprint density at radius 1 is 1.13 bits per heavy atom. The molecule has 7 nitrogen and oxygen atoms in total. The third-order valence-corrected chi connectivity index (χ3v) is 7.35. The number of ether oxygens (including phenoxy) is 2. The summed E-state index contributed by atoms with van der Waals surface area (Å²) in [6.45, 7) is 12.0. The van der Waals surface area contributed by atoms with Crippen LogP contribution in [0.25, 0.3) is 22.3 Å². The first-order chi connectivity index (χ1) is 14.9. The van der Waals surface area contributed by atoms with Gasteiger partial charge in [-0.05, 0) is 37.9 Å². The molecule has 31 heavy (non-hydrogen) atoms. The summed E-state index contributed by atoms with van der Waals surface area (Å²) in [7, 11) is -1.14. The van der Waals surface area contributed by atoms with Crippen LogP contribution >= 0.6 is 0 Å². The molecule has 0 spiro atoms. The summed E-state index contributed by atoms with van der Waals surface area (Å²) in [5, 5.41) is 4.66. The molecular formula is C23H33N5O2Si. The maximum Gasteiger partial charge on any atom is 0.128 e. The normalized spacial score (nSPS) is 15.5. The van der Waals surface area contributed by atoms with E-state index in [0.717, 1.165) is 72.5 Å². The summed E-state index contributed by atoms with van der Waals surface area (Å²) in [6.07, 6.45) is 5.57. The van der Waals surface area contributed by atoms with Gasteiger partial charge in [0, 0.05) is 57.3 Å². The van der Waals surface area contributed by atoms with Crippen molar-refractivity contribution < 1.29 is 9.47 Å². The monoisotopic (exact) mass is 439 g/mol. The third-order valence-electron chi connectivity index (χ3n) is 5.64. The molecule has 0 unspecified atom stereocenters. The summed E-state index contributed by atoms with van der Waals surface area (Å²) in [4.78, 5) is 13.4. The number of aromatic nitrogens is 4. The number of hydrogen-bond acceptors (Lipinski definition) is 6. The Kier molecular flexibility index (Phi) is 6.69. The molecule has 166 valence electrons. The van der Waals surface area contributed by atoms with Gasteiger partial charge in [0.15, 0.2) is 0 Å². The fourth-order valence-corrected chi connectivity index (χ4v) is 4.52. The number of anilines is 1. The predicted molar refractivity (Wildman–Crippen MR) is 127 cm³/mol. The summed E-state index contributed by atoms with van der Waals surface area (Å²) >= 11 is 0. The van der Waals surface area contributed by atoms with E-state index >= 15 is 0 Å². The predicted octanol–water partition coefficient (Wildman–Crippen LogP) is 4.70. The molecule has 1 fully saturated rings. The molecule has 1 N–H and O–H groups in total. The van der Waals surface area contributed by atoms with Crippen LogP contribution in [0, 0.1) is 6.92 Å². The number of hydrogen-bond donors (Lipinski definition) is 1. The van der Waals surface area contributed by atoms with Gasteiger partial charge >= 0.3 is 0 Å². The fraction of sp³-hybridized carbons (Fsp3) is 0.522. The van der Waals surface area contributed by atoms with Gasteiger partial charge < -0.3 is 19.4 Å². The minimum atomic E-state index is -1.14. The largest absolute Gasteiger partial charge is 0.381 e. The van der Waals surface area contributed by atoms with Crippen LogP contribution < -0.4 is 5.32 Å². The lowest BCUT2D eigenvalue weighted by molar-refractivity contribution is 0.0903. The zero-order chi connectivity index (χ0) is 21.8. The topological polar surface area (TPSA) is 74.1 Å². The molecule has 0 radical (unpaired) electrons. The van der Waals surface area contributed by atoms with Gasteiger partial charge in [0.2, 0.25) is 0 Å². The van der Waals surface area contributed by atoms with Crippen LogP contribution in [0.15, 0.2) is 30.7 Å². The van der Waals surface area contributed by atoms with Crippen LogP contribution in [0.1, 0.15) is 18.5 Å². The zero-order valence-electron chi connectivity index (χ0n) is 19.0. The van der Waals surface area contributed by atoms with Crippen LogP contribution in [0.3, 0.4) is 0 Å². The van der Waals surface area contributed by atoms with Crippen LogP contribution in [0.5, 0.6) is 0 Å². The van der Waals surface area contributed by atoms with Crippen LogP contribution in [0.4, 0.5) is 5.82 Å². The Hall–Kier alpha value is -2.29. The highest BCUT2D eigenvalue weighted by molar-refractivity contribution is 6.76. The van der Waals surface area contributed by atoms with Gasteiger partial charge in [0.25, 0.3) is 0 Å². The van der Waals surface area contributed by atoms with E-state index in [9.17, 15) is 0 Å². The van der Waals surface area contributed by atoms with Crippen LogP contribution in [0.2, 0.25) is 25.7 Å². The van der Waals surface area contributed by atoms with Gasteiger partial charge in [-0.2, -0.15) is 0 Å². The molecule has 1 saturated heterocycles. The molecule has 0 atom stereocenters. The Morgan fingerprint density at radius 2 is 1.94 bits per heavy atom. The van der Waals surface area contributed by atoms with Gasteiger partial charge in [-0.15, -0.1) is 0 Å². The summed E-state index contributed by atoms with van der Waals surface area (Å²) in [5.74, 6) is 0.895. The lowest BCUT2D eigenvalue weighted by Gasteiger charge is -2.23. The second kappa shape index (κ2) is 9.46. The van der Waals surface area contributed by atoms with Gasteiger partial charge in [0.05, 0.1) is 16.9 Å². The average molecular weight is 440 g/mol. The van der Waals surface area contributed by atoms with E-state index < -0.39 is 8.07 Å². The zero-order valence-corrected chi connectivity index (χ0v) is 20.0. The van der Waals surface area contributed by atoms with Gasteiger partial charge in [-0.25, -0.2) is 15.0 Å². The molecule has 0 saturated carbocycles. The van der Waals surface area contributed by atoms with Crippen molar-refractivity contribution in [3.05, 3.63) is 36.4 Å². The van der Waals surface area contributed by atoms with Crippen molar-refractivity contribution in [3.63, 3.8) is 0 Å². The van der Waals surface area contributed by atoms with E-state index in [2.05, 4.69) is 56.6 Å². The molecule has 1 aliphatic rings. The van der Waals surface area contributed by atoms with Crippen molar-refractivity contribution in [3.8, 4) is 11.4 Å². The first-order valence-electron chi connectivity index (χ1n) is 11.1. The number of aryl methyl sites for hydroxylation is 1. The van der Waals surface area contributed by atoms with Crippen molar-refractivity contribution in [1.29, 1.82) is 0 Å². The standard InChI is InChI=1S/C23H33N5O2Si/c1-17-11-20(26-15-25-17)22-12-18-14-24-23(27-19-5-7-29-8-6-19)13-21(18)28(22)16-30-9-10-31(2,3)4/h11-15,19H,5-10,16H2,1-4H3,(H,24,27). The molecule has 3 aromatic rings. The lowest BCUT2D eigenvalue weighted by atomic mass is 10.1. The number of nitrogens with zero attached hydrogens (tertiary/aromatic N) is 4. The van der Waals surface area contributed by atoms with E-state index in [1.165, 1.54) is 0 Å². The first-order valence-corrected chi connectivity index (χ1v) is 14.8. The van der Waals surface area contributed by atoms with Crippen molar-refractivity contribution >= 4 is 24.8 Å². The quantitative estimate of drug-likeness (QED) is 0.405. The second-order valence-electron chi connectivity index (χ2n) is 9.51. The smallest absolute Gasteiger partial charge is 0.128 e. The number of pyridine rings is 1. The minimum absolute atomic E-state index is 0.402. The Balaban J connectivity index is 1.64. The number of fused-ring (bicyclic) bond motifs is 1. The Bertz CT molecular complexity index is 1020. The number of nitrogens with one attached hydrogen (secondary N) is 1. The molecule has 0 aromatic carbocycles. The highest BCUT2D eigenvalue weighted by Gasteiger charge is 2.17. The van der Waals surface area contributed by atoms with Crippen molar-refractivity contribution in [2.75, 3.05) is 25.1 Å². The van der Waals surface area contributed by atoms with Crippen molar-refractivity contribution in [1.82, 2.24) is 19.5 Å². The van der Waals surface area contributed by atoms with Gasteiger partial charge in [-0.3, -0.25) is 0 Å². The van der Waals surface area contributed by atoms with Gasteiger partial charge in [0.1, 0.15) is 18.9 Å². The van der Waals surface area contributed by atoms with Crippen molar-refractivity contribution in [2.24, 2.45) is 0 Å². The number of rotatable bonds is 8. The first kappa shape index (κ1) is 21.9. The minimum Gasteiger partial charge on any atom is -0.381 e. The third kappa shape index (κ3) is 5.69. The molecule has 4 rings (SSSR count). The lowest BCUT2D eigenvalue weighted by Crippen LogP contribution is -2.28. The molecule has 0 aliphatic carbocycles. The SMILES string of the molecule is Cc1cc(-c2cc3cnc(NC4CCOCC4)cc3n2COCC[Si](C)(C)C)ncn1. The molecule has 0 amide bonds. The van der Waals surface area contributed by atoms with Crippen molar-refractivity contribution in [2.45, 2.75) is 58.2 Å². The van der Waals surface area contributed by atoms with E-state index in [1.54, 1.807) is 6.33 Å². The Morgan fingerprint density at radius 3 is 2.68 bits per heavy atom. The van der Waals surface area contributed by atoms with E-state index in [4.69, 9.17) is 9.47 Å². The molecule has 1 aliphatic heterocycles. The van der Waals surface area contributed by atoms with E-state index in [0.29, 0.717) is 12.8 Å². The maximum atomic E-state index is 6.14. The van der Waals surface area contributed by atoms with E-state index in [1.807, 2.05) is 19.2 Å².